The quantitative estimate of drug-likeness (QED) is 0.778. The lowest BCUT2D eigenvalue weighted by molar-refractivity contribution is -0.133. The van der Waals surface area contributed by atoms with Gasteiger partial charge < -0.3 is 10.2 Å². The number of nitrogens with one attached hydrogen (secondary N) is 1. The molecule has 1 aliphatic carbocycles. The molecule has 4 nitrogen and oxygen atoms in total. The molecule has 1 fully saturated rings. The van der Waals surface area contributed by atoms with Gasteiger partial charge in [-0.1, -0.05) is 18.2 Å². The molecule has 0 saturated heterocycles. The molecule has 2 aromatic rings. The number of halogens is 3. The van der Waals surface area contributed by atoms with Crippen LogP contribution in [-0.2, 0) is 4.79 Å². The molecule has 2 amide bonds. The maximum absolute atomic E-state index is 14.1. The van der Waals surface area contributed by atoms with Crippen molar-refractivity contribution in [2.24, 2.45) is 0 Å². The standard InChI is InChI=1S/C21H21F3N2O2/c1-13(16-4-2-3-5-18(16)23)26(15-7-8-15)20(27)10-11-25-21(28)17-9-6-14(22)12-19(17)24/h2-6,9,12-13,15H,7-8,10-11H2,1H3,(H,25,28). The number of benzene rings is 2. The van der Waals surface area contributed by atoms with Crippen LogP contribution in [0.3, 0.4) is 0 Å². The molecule has 0 aliphatic heterocycles. The molecule has 7 heteroatoms. The van der Waals surface area contributed by atoms with E-state index in [-0.39, 0.29) is 36.3 Å². The van der Waals surface area contributed by atoms with Gasteiger partial charge in [-0.2, -0.15) is 0 Å². The summed E-state index contributed by atoms with van der Waals surface area (Å²) in [5, 5.41) is 2.47. The van der Waals surface area contributed by atoms with E-state index in [0.29, 0.717) is 11.6 Å². The summed E-state index contributed by atoms with van der Waals surface area (Å²) in [5.41, 5.74) is 0.160. The van der Waals surface area contributed by atoms with E-state index in [0.717, 1.165) is 25.0 Å². The fraction of sp³-hybridized carbons (Fsp3) is 0.333. The lowest BCUT2D eigenvalue weighted by Gasteiger charge is -2.30. The Balaban J connectivity index is 1.61. The molecule has 1 saturated carbocycles. The highest BCUT2D eigenvalue weighted by atomic mass is 19.1. The summed E-state index contributed by atoms with van der Waals surface area (Å²) >= 11 is 0. The lowest BCUT2D eigenvalue weighted by Crippen LogP contribution is -2.38. The fourth-order valence-electron chi connectivity index (χ4n) is 3.23. The van der Waals surface area contributed by atoms with E-state index in [1.807, 2.05) is 0 Å². The zero-order valence-electron chi connectivity index (χ0n) is 15.4. The highest BCUT2D eigenvalue weighted by Gasteiger charge is 2.36. The van der Waals surface area contributed by atoms with Crippen LogP contribution in [0.5, 0.6) is 0 Å². The molecule has 0 bridgehead atoms. The average molecular weight is 390 g/mol. The van der Waals surface area contributed by atoms with E-state index in [4.69, 9.17) is 0 Å². The van der Waals surface area contributed by atoms with E-state index in [1.54, 1.807) is 30.0 Å². The summed E-state index contributed by atoms with van der Waals surface area (Å²) < 4.78 is 40.7. The van der Waals surface area contributed by atoms with Crippen LogP contribution >= 0.6 is 0 Å². The molecule has 1 unspecified atom stereocenters. The molecule has 0 spiro atoms. The van der Waals surface area contributed by atoms with Gasteiger partial charge in [0, 0.05) is 30.6 Å². The predicted octanol–water partition coefficient (Wildman–Crippen LogP) is 3.98. The Morgan fingerprint density at radius 2 is 1.82 bits per heavy atom. The fourth-order valence-corrected chi connectivity index (χ4v) is 3.23. The highest BCUT2D eigenvalue weighted by Crippen LogP contribution is 2.35. The Morgan fingerprint density at radius 3 is 2.46 bits per heavy atom. The van der Waals surface area contributed by atoms with Gasteiger partial charge in [0.2, 0.25) is 5.91 Å². The number of rotatable bonds is 7. The maximum Gasteiger partial charge on any atom is 0.254 e. The maximum atomic E-state index is 14.1. The summed E-state index contributed by atoms with van der Waals surface area (Å²) in [6, 6.07) is 8.65. The van der Waals surface area contributed by atoms with E-state index < -0.39 is 23.6 Å². The van der Waals surface area contributed by atoms with Crippen LogP contribution < -0.4 is 5.32 Å². The smallest absolute Gasteiger partial charge is 0.254 e. The van der Waals surface area contributed by atoms with Crippen molar-refractivity contribution in [2.75, 3.05) is 6.54 Å². The second-order valence-electron chi connectivity index (χ2n) is 6.86. The van der Waals surface area contributed by atoms with Crippen molar-refractivity contribution in [3.05, 3.63) is 71.0 Å². The number of carbonyl (C=O) groups is 2. The summed E-state index contributed by atoms with van der Waals surface area (Å²) in [6.07, 6.45) is 1.72. The molecule has 3 rings (SSSR count). The zero-order chi connectivity index (χ0) is 20.3. The van der Waals surface area contributed by atoms with Crippen molar-refractivity contribution in [1.29, 1.82) is 0 Å². The van der Waals surface area contributed by atoms with E-state index in [9.17, 15) is 22.8 Å². The van der Waals surface area contributed by atoms with Gasteiger partial charge in [-0.3, -0.25) is 9.59 Å². The van der Waals surface area contributed by atoms with Crippen LogP contribution in [-0.4, -0.2) is 29.3 Å². The summed E-state index contributed by atoms with van der Waals surface area (Å²) in [5.74, 6) is -3.03. The van der Waals surface area contributed by atoms with E-state index in [2.05, 4.69) is 5.32 Å². The number of hydrogen-bond acceptors (Lipinski definition) is 2. The van der Waals surface area contributed by atoms with E-state index in [1.165, 1.54) is 6.07 Å². The Kier molecular flexibility index (Phi) is 6.02. The van der Waals surface area contributed by atoms with Gasteiger partial charge in [-0.25, -0.2) is 13.2 Å². The molecule has 0 heterocycles. The third-order valence-corrected chi connectivity index (χ3v) is 4.80. The molecule has 148 valence electrons. The van der Waals surface area contributed by atoms with Gasteiger partial charge in [0.1, 0.15) is 17.5 Å². The third-order valence-electron chi connectivity index (χ3n) is 4.80. The minimum absolute atomic E-state index is 0.00168. The van der Waals surface area contributed by atoms with Crippen molar-refractivity contribution in [2.45, 2.75) is 38.3 Å². The molecule has 28 heavy (non-hydrogen) atoms. The summed E-state index contributed by atoms with van der Waals surface area (Å²) in [4.78, 5) is 26.4. The molecule has 0 radical (unpaired) electrons. The van der Waals surface area contributed by atoms with Crippen LogP contribution in [0.2, 0.25) is 0 Å². The van der Waals surface area contributed by atoms with E-state index >= 15 is 0 Å². The van der Waals surface area contributed by atoms with Crippen molar-refractivity contribution in [3.63, 3.8) is 0 Å². The van der Waals surface area contributed by atoms with Gasteiger partial charge in [0.25, 0.3) is 5.91 Å². The normalized spacial score (nSPS) is 14.4. The molecular formula is C21H21F3N2O2. The SMILES string of the molecule is CC(c1ccccc1F)N(C(=O)CCNC(=O)c1ccc(F)cc1F)C1CC1. The number of carbonyl (C=O) groups excluding carboxylic acids is 2. The zero-order valence-corrected chi connectivity index (χ0v) is 15.4. The second kappa shape index (κ2) is 8.46. The Hall–Kier alpha value is -2.83. The van der Waals surface area contributed by atoms with Crippen molar-refractivity contribution in [1.82, 2.24) is 10.2 Å². The summed E-state index contributed by atoms with van der Waals surface area (Å²) in [7, 11) is 0. The predicted molar refractivity (Wildman–Crippen MR) is 98.0 cm³/mol. The molecule has 1 atom stereocenters. The lowest BCUT2D eigenvalue weighted by atomic mass is 10.1. The van der Waals surface area contributed by atoms with Crippen molar-refractivity contribution < 1.29 is 22.8 Å². The first-order valence-corrected chi connectivity index (χ1v) is 9.17. The Labute approximate surface area is 161 Å². The Morgan fingerprint density at radius 1 is 1.11 bits per heavy atom. The number of amides is 2. The molecular weight excluding hydrogens is 369 g/mol. The molecule has 1 N–H and O–H groups in total. The second-order valence-corrected chi connectivity index (χ2v) is 6.86. The van der Waals surface area contributed by atoms with Gasteiger partial charge in [-0.05, 0) is 38.0 Å². The number of hydrogen-bond donors (Lipinski definition) is 1. The van der Waals surface area contributed by atoms with Gasteiger partial charge >= 0.3 is 0 Å². The van der Waals surface area contributed by atoms with Crippen LogP contribution in [0.4, 0.5) is 13.2 Å². The topological polar surface area (TPSA) is 49.4 Å². The third kappa shape index (κ3) is 4.52. The summed E-state index contributed by atoms with van der Waals surface area (Å²) in [6.45, 7) is 1.78. The van der Waals surface area contributed by atoms with Gasteiger partial charge in [0.15, 0.2) is 0 Å². The minimum Gasteiger partial charge on any atom is -0.351 e. The largest absolute Gasteiger partial charge is 0.351 e. The molecule has 0 aromatic heterocycles. The van der Waals surface area contributed by atoms with Crippen LogP contribution in [0.15, 0.2) is 42.5 Å². The number of nitrogens with zero attached hydrogens (tertiary/aromatic N) is 1. The van der Waals surface area contributed by atoms with Crippen LogP contribution in [0.25, 0.3) is 0 Å². The minimum atomic E-state index is -0.961. The first-order chi connectivity index (χ1) is 13.4. The first-order valence-electron chi connectivity index (χ1n) is 9.17. The van der Waals surface area contributed by atoms with Gasteiger partial charge in [-0.15, -0.1) is 0 Å². The average Bonchev–Trinajstić information content (AvgIpc) is 3.47. The first kappa shape index (κ1) is 19.9. The van der Waals surface area contributed by atoms with Crippen LogP contribution in [0, 0.1) is 17.5 Å². The van der Waals surface area contributed by atoms with Crippen molar-refractivity contribution >= 4 is 11.8 Å². The molecule has 2 aromatic carbocycles. The van der Waals surface area contributed by atoms with Crippen LogP contribution in [0.1, 0.15) is 48.1 Å². The highest BCUT2D eigenvalue weighted by molar-refractivity contribution is 5.94. The monoisotopic (exact) mass is 390 g/mol. The van der Waals surface area contributed by atoms with Crippen molar-refractivity contribution in [3.8, 4) is 0 Å². The Bertz CT molecular complexity index is 884. The van der Waals surface area contributed by atoms with Gasteiger partial charge in [0.05, 0.1) is 11.6 Å². The molecule has 1 aliphatic rings.